The number of aromatic hydroxyl groups is 1. The first-order valence-electron chi connectivity index (χ1n) is 9.05. The Morgan fingerprint density at radius 1 is 1.44 bits per heavy atom. The van der Waals surface area contributed by atoms with Crippen LogP contribution < -0.4 is 5.32 Å². The predicted octanol–water partition coefficient (Wildman–Crippen LogP) is 4.88. The van der Waals surface area contributed by atoms with E-state index in [1.807, 2.05) is 5.38 Å². The van der Waals surface area contributed by atoms with Crippen molar-refractivity contribution >= 4 is 38.9 Å². The molecule has 0 aliphatic heterocycles. The molecule has 1 unspecified atom stereocenters. The minimum atomic E-state index is -0.126. The van der Waals surface area contributed by atoms with Crippen LogP contribution in [0.2, 0.25) is 0 Å². The number of H-pyrrole nitrogens is 1. The highest BCUT2D eigenvalue weighted by Gasteiger charge is 2.14. The van der Waals surface area contributed by atoms with Crippen molar-refractivity contribution in [2.75, 3.05) is 5.32 Å². The highest BCUT2D eigenvalue weighted by atomic mass is 32.1. The molecule has 0 spiro atoms. The molecule has 3 N–H and O–H groups in total. The number of nitrogens with one attached hydrogen (secondary N) is 2. The zero-order valence-electron chi connectivity index (χ0n) is 15.0. The summed E-state index contributed by atoms with van der Waals surface area (Å²) in [4.78, 5) is 20.1. The van der Waals surface area contributed by atoms with E-state index < -0.39 is 0 Å². The van der Waals surface area contributed by atoms with Gasteiger partial charge in [0.1, 0.15) is 5.75 Å². The topological polar surface area (TPSA) is 78.0 Å². The first kappa shape index (κ1) is 17.5. The summed E-state index contributed by atoms with van der Waals surface area (Å²) in [7, 11) is 0. The Bertz CT molecular complexity index is 1040. The maximum absolute atomic E-state index is 12.4. The molecular formula is C21H21N3O2S. The second-order valence-corrected chi connectivity index (χ2v) is 7.59. The number of aromatic amines is 1. The van der Waals surface area contributed by atoms with Gasteiger partial charge in [-0.25, -0.2) is 4.98 Å². The SMILES string of the molecule is CCC1C=CC(c2csc(NC(=O)Cc3c[nH]c4ccc(O)cc34)n2)=CC1. The van der Waals surface area contributed by atoms with Gasteiger partial charge in [-0.2, -0.15) is 0 Å². The molecule has 6 heteroatoms. The lowest BCUT2D eigenvalue weighted by Crippen LogP contribution is -2.14. The fraction of sp³-hybridized carbons (Fsp3) is 0.238. The van der Waals surface area contributed by atoms with Crippen LogP contribution in [0.4, 0.5) is 5.13 Å². The van der Waals surface area contributed by atoms with Crippen LogP contribution in [0.25, 0.3) is 16.5 Å². The maximum atomic E-state index is 12.4. The van der Waals surface area contributed by atoms with Gasteiger partial charge in [-0.05, 0) is 48.1 Å². The lowest BCUT2D eigenvalue weighted by atomic mass is 9.94. The molecule has 27 heavy (non-hydrogen) atoms. The number of hydrogen-bond donors (Lipinski definition) is 3. The van der Waals surface area contributed by atoms with Gasteiger partial charge in [-0.15, -0.1) is 11.3 Å². The third kappa shape index (κ3) is 3.80. The summed E-state index contributed by atoms with van der Waals surface area (Å²) < 4.78 is 0. The van der Waals surface area contributed by atoms with Crippen LogP contribution in [-0.2, 0) is 11.2 Å². The summed E-state index contributed by atoms with van der Waals surface area (Å²) in [6.45, 7) is 2.19. The van der Waals surface area contributed by atoms with Gasteiger partial charge >= 0.3 is 0 Å². The number of carbonyl (C=O) groups excluding carboxylic acids is 1. The van der Waals surface area contributed by atoms with Crippen LogP contribution in [0, 0.1) is 5.92 Å². The number of anilines is 1. The molecule has 0 saturated carbocycles. The average Bonchev–Trinajstić information content (AvgIpc) is 3.29. The number of benzene rings is 1. The number of allylic oxidation sites excluding steroid dienone is 4. The lowest BCUT2D eigenvalue weighted by Gasteiger charge is -2.12. The number of fused-ring (bicyclic) bond motifs is 1. The third-order valence-corrected chi connectivity index (χ3v) is 5.62. The molecule has 0 saturated heterocycles. The van der Waals surface area contributed by atoms with Crippen LogP contribution in [0.3, 0.4) is 0 Å². The fourth-order valence-electron chi connectivity index (χ4n) is 3.27. The van der Waals surface area contributed by atoms with Crippen LogP contribution in [0.1, 0.15) is 31.0 Å². The zero-order valence-corrected chi connectivity index (χ0v) is 15.8. The van der Waals surface area contributed by atoms with Crippen molar-refractivity contribution in [2.24, 2.45) is 5.92 Å². The summed E-state index contributed by atoms with van der Waals surface area (Å²) >= 11 is 1.43. The second-order valence-electron chi connectivity index (χ2n) is 6.73. The van der Waals surface area contributed by atoms with Crippen molar-refractivity contribution < 1.29 is 9.90 Å². The third-order valence-electron chi connectivity index (χ3n) is 4.86. The molecule has 1 aliphatic carbocycles. The molecule has 2 aromatic heterocycles. The van der Waals surface area contributed by atoms with Gasteiger partial charge in [0.2, 0.25) is 5.91 Å². The highest BCUT2D eigenvalue weighted by Crippen LogP contribution is 2.28. The Kier molecular flexibility index (Phi) is 4.81. The molecule has 1 aromatic carbocycles. The maximum Gasteiger partial charge on any atom is 0.230 e. The molecule has 138 valence electrons. The number of nitrogens with zero attached hydrogens (tertiary/aromatic N) is 1. The number of phenols is 1. The number of amides is 1. The number of thiazole rings is 1. The molecule has 5 nitrogen and oxygen atoms in total. The van der Waals surface area contributed by atoms with Crippen molar-refractivity contribution in [3.8, 4) is 5.75 Å². The Balaban J connectivity index is 1.43. The van der Waals surface area contributed by atoms with Gasteiger partial charge in [0.05, 0.1) is 12.1 Å². The average molecular weight is 379 g/mol. The standard InChI is InChI=1S/C21H21N3O2S/c1-2-13-3-5-14(6-4-13)19-12-27-21(23-19)24-20(26)9-15-11-22-18-8-7-16(25)10-17(15)18/h3,5-8,10-13,22,25H,2,4,9H2,1H3,(H,23,24,26). The molecule has 0 radical (unpaired) electrons. The van der Waals surface area contributed by atoms with E-state index in [9.17, 15) is 9.90 Å². The minimum absolute atomic E-state index is 0.126. The first-order valence-corrected chi connectivity index (χ1v) is 9.93. The van der Waals surface area contributed by atoms with Crippen LogP contribution in [0.5, 0.6) is 5.75 Å². The summed E-state index contributed by atoms with van der Waals surface area (Å²) in [6.07, 6.45) is 10.8. The predicted molar refractivity (Wildman–Crippen MR) is 110 cm³/mol. The first-order chi connectivity index (χ1) is 13.1. The van der Waals surface area contributed by atoms with Gasteiger partial charge in [0.15, 0.2) is 5.13 Å². The summed E-state index contributed by atoms with van der Waals surface area (Å²) in [5, 5.41) is 16.0. The zero-order chi connectivity index (χ0) is 18.8. The smallest absolute Gasteiger partial charge is 0.230 e. The van der Waals surface area contributed by atoms with Gasteiger partial charge in [0.25, 0.3) is 0 Å². The van der Waals surface area contributed by atoms with E-state index in [-0.39, 0.29) is 18.1 Å². The van der Waals surface area contributed by atoms with E-state index in [1.165, 1.54) is 11.3 Å². The fourth-order valence-corrected chi connectivity index (χ4v) is 4.01. The largest absolute Gasteiger partial charge is 0.508 e. The summed E-state index contributed by atoms with van der Waals surface area (Å²) in [5.41, 5.74) is 3.76. The number of aromatic nitrogens is 2. The van der Waals surface area contributed by atoms with Crippen LogP contribution in [-0.4, -0.2) is 21.0 Å². The van der Waals surface area contributed by atoms with E-state index in [4.69, 9.17) is 0 Å². The molecule has 4 rings (SSSR count). The van der Waals surface area contributed by atoms with Crippen molar-refractivity contribution in [1.29, 1.82) is 0 Å². The lowest BCUT2D eigenvalue weighted by molar-refractivity contribution is -0.115. The van der Waals surface area contributed by atoms with E-state index in [0.29, 0.717) is 11.0 Å². The van der Waals surface area contributed by atoms with Crippen LogP contribution in [0.15, 0.2) is 48.0 Å². The highest BCUT2D eigenvalue weighted by molar-refractivity contribution is 7.14. The van der Waals surface area contributed by atoms with Gasteiger partial charge in [-0.3, -0.25) is 4.79 Å². The Labute approximate surface area is 161 Å². The van der Waals surface area contributed by atoms with Crippen molar-refractivity contribution in [3.63, 3.8) is 0 Å². The quantitative estimate of drug-likeness (QED) is 0.591. The molecule has 0 fully saturated rings. The molecule has 1 aliphatic rings. The molecule has 1 amide bonds. The summed E-state index contributed by atoms with van der Waals surface area (Å²) in [6, 6.07) is 5.09. The van der Waals surface area contributed by atoms with Gasteiger partial charge < -0.3 is 15.4 Å². The Hall–Kier alpha value is -2.86. The van der Waals surface area contributed by atoms with Crippen molar-refractivity contribution in [1.82, 2.24) is 9.97 Å². The van der Waals surface area contributed by atoms with E-state index in [0.717, 1.165) is 40.6 Å². The number of phenolic OH excluding ortho intramolecular Hbond substituents is 1. The van der Waals surface area contributed by atoms with Gasteiger partial charge in [0, 0.05) is 22.5 Å². The second kappa shape index (κ2) is 7.40. The monoisotopic (exact) mass is 379 g/mol. The summed E-state index contributed by atoms with van der Waals surface area (Å²) in [5.74, 6) is 0.675. The molecule has 0 bridgehead atoms. The minimum Gasteiger partial charge on any atom is -0.508 e. The van der Waals surface area contributed by atoms with E-state index in [2.05, 4.69) is 40.4 Å². The van der Waals surface area contributed by atoms with E-state index in [1.54, 1.807) is 24.4 Å². The Morgan fingerprint density at radius 2 is 2.33 bits per heavy atom. The molecule has 1 atom stereocenters. The number of hydrogen-bond acceptors (Lipinski definition) is 4. The molecular weight excluding hydrogens is 358 g/mol. The van der Waals surface area contributed by atoms with Crippen molar-refractivity contribution in [2.45, 2.75) is 26.2 Å². The Morgan fingerprint density at radius 3 is 3.11 bits per heavy atom. The van der Waals surface area contributed by atoms with Crippen LogP contribution >= 0.6 is 11.3 Å². The number of carbonyl (C=O) groups is 1. The molecule has 2 heterocycles. The normalized spacial score (nSPS) is 16.5. The van der Waals surface area contributed by atoms with E-state index >= 15 is 0 Å². The number of rotatable bonds is 5. The van der Waals surface area contributed by atoms with Crippen molar-refractivity contribution in [3.05, 3.63) is 59.3 Å². The van der Waals surface area contributed by atoms with Gasteiger partial charge in [-0.1, -0.05) is 25.2 Å². The molecule has 3 aromatic rings.